The molecule has 29 heavy (non-hydrogen) atoms. The number of anilines is 1. The van der Waals surface area contributed by atoms with E-state index in [1.54, 1.807) is 5.01 Å². The average Bonchev–Trinajstić information content (AvgIpc) is 3.06. The first-order valence-corrected chi connectivity index (χ1v) is 11.0. The number of hydrogen-bond donors (Lipinski definition) is 0. The van der Waals surface area contributed by atoms with Crippen molar-refractivity contribution in [3.8, 4) is 0 Å². The molecule has 1 aliphatic heterocycles. The topological polar surface area (TPSA) is 32.7 Å². The average molecular weight is 383 g/mol. The lowest BCUT2D eigenvalue weighted by molar-refractivity contribution is -0.114. The van der Waals surface area contributed by atoms with Crippen LogP contribution in [0, 0.1) is 23.2 Å². The van der Waals surface area contributed by atoms with Gasteiger partial charge >= 0.3 is 0 Å². The molecule has 0 unspecified atom stereocenters. The summed E-state index contributed by atoms with van der Waals surface area (Å²) in [4.78, 5) is 13.6. The third kappa shape index (κ3) is 2.78. The molecule has 2 aromatic rings. The van der Waals surface area contributed by atoms with E-state index in [1.807, 2.05) is 48.5 Å². The molecule has 4 aliphatic carbocycles. The molecule has 3 nitrogen and oxygen atoms in total. The van der Waals surface area contributed by atoms with Crippen molar-refractivity contribution in [2.24, 2.45) is 28.3 Å². The lowest BCUT2D eigenvalue weighted by Gasteiger charge is -2.56. The molecule has 0 radical (unpaired) electrons. The quantitative estimate of drug-likeness (QED) is 0.628. The van der Waals surface area contributed by atoms with E-state index < -0.39 is 0 Å². The van der Waals surface area contributed by atoms with Crippen LogP contribution in [0.15, 0.2) is 71.3 Å². The lowest BCUT2D eigenvalue weighted by atomic mass is 9.48. The zero-order chi connectivity index (χ0) is 19.4. The summed E-state index contributed by atoms with van der Waals surface area (Å²) in [7, 11) is 0. The number of rotatable bonds is 3. The van der Waals surface area contributed by atoms with Crippen molar-refractivity contribution in [3.05, 3.63) is 71.8 Å². The zero-order valence-electron chi connectivity index (χ0n) is 16.6. The van der Waals surface area contributed by atoms with Crippen molar-refractivity contribution in [2.75, 3.05) is 5.01 Å². The van der Waals surface area contributed by atoms with E-state index in [1.165, 1.54) is 38.5 Å². The van der Waals surface area contributed by atoms with Gasteiger partial charge in [0.2, 0.25) is 0 Å². The molecule has 2 aromatic carbocycles. The molecule has 4 fully saturated rings. The van der Waals surface area contributed by atoms with Crippen LogP contribution in [0.2, 0.25) is 0 Å². The molecular formula is C26H26N2O. The molecule has 146 valence electrons. The molecule has 5 aliphatic rings. The van der Waals surface area contributed by atoms with Gasteiger partial charge in [0.15, 0.2) is 0 Å². The predicted molar refractivity (Wildman–Crippen MR) is 116 cm³/mol. The van der Waals surface area contributed by atoms with Gasteiger partial charge in [0.05, 0.1) is 17.0 Å². The van der Waals surface area contributed by atoms with Gasteiger partial charge in [-0.25, -0.2) is 0 Å². The fourth-order valence-electron chi connectivity index (χ4n) is 6.80. The molecule has 3 heteroatoms. The molecule has 0 atom stereocenters. The second-order valence-corrected chi connectivity index (χ2v) is 9.57. The Hall–Kier alpha value is -2.68. The highest BCUT2D eigenvalue weighted by atomic mass is 16.2. The van der Waals surface area contributed by atoms with Gasteiger partial charge in [-0.2, -0.15) is 10.1 Å². The Morgan fingerprint density at radius 1 is 0.828 bits per heavy atom. The van der Waals surface area contributed by atoms with Crippen molar-refractivity contribution in [1.29, 1.82) is 0 Å². The Morgan fingerprint density at radius 3 is 1.97 bits per heavy atom. The molecule has 0 aromatic heterocycles. The van der Waals surface area contributed by atoms with Crippen LogP contribution in [-0.4, -0.2) is 11.6 Å². The Kier molecular flexibility index (Phi) is 3.80. The number of benzene rings is 2. The Bertz CT molecular complexity index is 970. The number of nitrogens with zero attached hydrogens (tertiary/aromatic N) is 2. The van der Waals surface area contributed by atoms with Gasteiger partial charge in [-0.15, -0.1) is 0 Å². The fraction of sp³-hybridized carbons (Fsp3) is 0.385. The normalized spacial score (nSPS) is 34.1. The third-order valence-corrected chi connectivity index (χ3v) is 7.53. The van der Waals surface area contributed by atoms with Crippen LogP contribution in [0.4, 0.5) is 5.69 Å². The molecular weight excluding hydrogens is 356 g/mol. The lowest BCUT2D eigenvalue weighted by Crippen LogP contribution is -2.50. The van der Waals surface area contributed by atoms with Gasteiger partial charge in [-0.3, -0.25) is 4.79 Å². The van der Waals surface area contributed by atoms with Crippen LogP contribution in [-0.2, 0) is 4.79 Å². The summed E-state index contributed by atoms with van der Waals surface area (Å²) in [6.07, 6.45) is 9.87. The van der Waals surface area contributed by atoms with E-state index in [0.29, 0.717) is 0 Å². The predicted octanol–water partition coefficient (Wildman–Crippen LogP) is 5.69. The number of amides is 1. The molecule has 4 saturated carbocycles. The second kappa shape index (κ2) is 6.41. The van der Waals surface area contributed by atoms with E-state index in [4.69, 9.17) is 5.10 Å². The highest BCUT2D eigenvalue weighted by molar-refractivity contribution is 6.34. The maximum absolute atomic E-state index is 13.6. The molecule has 4 bridgehead atoms. The number of carbonyl (C=O) groups is 1. The summed E-state index contributed by atoms with van der Waals surface area (Å²) in [6, 6.07) is 20.1. The Labute approximate surface area is 172 Å². The SMILES string of the molecule is O=C1C(=Cc2ccccc2)C(C23CC4CC(CC(C4)C2)C3)=NN1c1ccccc1. The standard InChI is InChI=1S/C26H26N2O/c29-25-23(14-18-7-3-1-4-8-18)24(27-28(25)22-9-5-2-6-10-22)26-15-19-11-20(16-26)13-21(12-19)17-26/h1-10,14,19-21H,11-13,15-17H2. The van der Waals surface area contributed by atoms with Crippen LogP contribution < -0.4 is 5.01 Å². The molecule has 0 spiro atoms. The first kappa shape index (κ1) is 17.2. The smallest absolute Gasteiger partial charge is 0.267 e. The van der Waals surface area contributed by atoms with Crippen molar-refractivity contribution in [3.63, 3.8) is 0 Å². The van der Waals surface area contributed by atoms with Gasteiger partial charge < -0.3 is 0 Å². The summed E-state index contributed by atoms with van der Waals surface area (Å²) in [6.45, 7) is 0. The molecule has 1 amide bonds. The second-order valence-electron chi connectivity index (χ2n) is 9.57. The molecule has 7 rings (SSSR count). The van der Waals surface area contributed by atoms with Gasteiger partial charge in [0.25, 0.3) is 5.91 Å². The molecule has 1 heterocycles. The van der Waals surface area contributed by atoms with Crippen LogP contribution in [0.3, 0.4) is 0 Å². The van der Waals surface area contributed by atoms with Gasteiger partial charge in [-0.05, 0) is 80.1 Å². The highest BCUT2D eigenvalue weighted by Gasteiger charge is 2.56. The van der Waals surface area contributed by atoms with Crippen LogP contribution in [0.1, 0.15) is 44.1 Å². The molecule has 0 saturated heterocycles. The summed E-state index contributed by atoms with van der Waals surface area (Å²) >= 11 is 0. The van der Waals surface area contributed by atoms with Crippen LogP contribution >= 0.6 is 0 Å². The fourth-order valence-corrected chi connectivity index (χ4v) is 6.80. The van der Waals surface area contributed by atoms with Crippen LogP contribution in [0.5, 0.6) is 0 Å². The highest BCUT2D eigenvalue weighted by Crippen LogP contribution is 2.61. The van der Waals surface area contributed by atoms with Crippen LogP contribution in [0.25, 0.3) is 6.08 Å². The minimum atomic E-state index is 0.0193. The van der Waals surface area contributed by atoms with E-state index in [9.17, 15) is 4.79 Å². The first-order valence-electron chi connectivity index (χ1n) is 11.0. The summed E-state index contributed by atoms with van der Waals surface area (Å²) in [5.74, 6) is 2.49. The van der Waals surface area contributed by atoms with Crippen molar-refractivity contribution < 1.29 is 4.79 Å². The van der Waals surface area contributed by atoms with Crippen molar-refractivity contribution >= 4 is 23.4 Å². The van der Waals surface area contributed by atoms with Gasteiger partial charge in [0.1, 0.15) is 0 Å². The number of para-hydroxylation sites is 1. The van der Waals surface area contributed by atoms with E-state index in [0.717, 1.165) is 40.3 Å². The minimum Gasteiger partial charge on any atom is -0.267 e. The number of hydrogen-bond acceptors (Lipinski definition) is 2. The first-order chi connectivity index (χ1) is 14.2. The summed E-state index contributed by atoms with van der Waals surface area (Å²) in [5.41, 5.74) is 3.89. The van der Waals surface area contributed by atoms with E-state index in [2.05, 4.69) is 18.2 Å². The van der Waals surface area contributed by atoms with Crippen molar-refractivity contribution in [2.45, 2.75) is 38.5 Å². The largest absolute Gasteiger partial charge is 0.280 e. The maximum Gasteiger partial charge on any atom is 0.280 e. The summed E-state index contributed by atoms with van der Waals surface area (Å²) < 4.78 is 0. The van der Waals surface area contributed by atoms with E-state index >= 15 is 0 Å². The Morgan fingerprint density at radius 2 is 1.38 bits per heavy atom. The van der Waals surface area contributed by atoms with Gasteiger partial charge in [-0.1, -0.05) is 48.5 Å². The zero-order valence-corrected chi connectivity index (χ0v) is 16.6. The molecule has 0 N–H and O–H groups in total. The minimum absolute atomic E-state index is 0.0193. The van der Waals surface area contributed by atoms with E-state index in [-0.39, 0.29) is 11.3 Å². The third-order valence-electron chi connectivity index (χ3n) is 7.53. The van der Waals surface area contributed by atoms with Gasteiger partial charge in [0, 0.05) is 5.41 Å². The van der Waals surface area contributed by atoms with Crippen molar-refractivity contribution in [1.82, 2.24) is 0 Å². The Balaban J connectivity index is 1.47. The summed E-state index contributed by atoms with van der Waals surface area (Å²) in [5, 5.41) is 6.68. The maximum atomic E-state index is 13.6. The number of hydrazone groups is 1. The monoisotopic (exact) mass is 382 g/mol. The number of carbonyl (C=O) groups excluding carboxylic acids is 1.